The SMILES string of the molecule is CC1(C)CC1C(=O)Nc1ccc(COc2ccc(NC(=O)C3CC3(C)C)cc2)cc1. The second-order valence-corrected chi connectivity index (χ2v) is 9.98. The highest BCUT2D eigenvalue weighted by Crippen LogP contribution is 2.52. The third-order valence-electron chi connectivity index (χ3n) is 6.41. The molecule has 2 aliphatic carbocycles. The molecule has 0 bridgehead atoms. The number of benzene rings is 2. The quantitative estimate of drug-likeness (QED) is 0.661. The predicted octanol–water partition coefficient (Wildman–Crippen LogP) is 5.23. The van der Waals surface area contributed by atoms with E-state index in [-0.39, 0.29) is 34.5 Å². The van der Waals surface area contributed by atoms with Crippen molar-refractivity contribution >= 4 is 23.2 Å². The topological polar surface area (TPSA) is 67.4 Å². The first-order chi connectivity index (χ1) is 14.1. The van der Waals surface area contributed by atoms with Gasteiger partial charge >= 0.3 is 0 Å². The molecule has 2 fully saturated rings. The second-order valence-electron chi connectivity index (χ2n) is 9.98. The van der Waals surface area contributed by atoms with E-state index < -0.39 is 0 Å². The summed E-state index contributed by atoms with van der Waals surface area (Å²) in [4.78, 5) is 24.4. The molecule has 0 aromatic heterocycles. The van der Waals surface area contributed by atoms with Crippen molar-refractivity contribution in [2.45, 2.75) is 47.1 Å². The van der Waals surface area contributed by atoms with Crippen LogP contribution in [0.5, 0.6) is 5.75 Å². The fraction of sp³-hybridized carbons (Fsp3) is 0.440. The minimum atomic E-state index is 0.0890. The molecule has 2 amide bonds. The van der Waals surface area contributed by atoms with E-state index in [1.807, 2.05) is 48.5 Å². The molecule has 5 heteroatoms. The Morgan fingerprint density at radius 2 is 1.20 bits per heavy atom. The summed E-state index contributed by atoms with van der Waals surface area (Å²) >= 11 is 0. The molecule has 5 nitrogen and oxygen atoms in total. The third kappa shape index (κ3) is 4.66. The maximum atomic E-state index is 12.2. The molecule has 0 spiro atoms. The van der Waals surface area contributed by atoms with Crippen LogP contribution in [-0.2, 0) is 16.2 Å². The first-order valence-corrected chi connectivity index (χ1v) is 10.6. The number of hydrogen-bond donors (Lipinski definition) is 2. The summed E-state index contributed by atoms with van der Waals surface area (Å²) in [6, 6.07) is 15.2. The zero-order chi connectivity index (χ0) is 21.5. The lowest BCUT2D eigenvalue weighted by molar-refractivity contribution is -0.118. The van der Waals surface area contributed by atoms with Gasteiger partial charge in [-0.15, -0.1) is 0 Å². The molecule has 2 aromatic carbocycles. The van der Waals surface area contributed by atoms with Crippen LogP contribution in [0.4, 0.5) is 11.4 Å². The van der Waals surface area contributed by atoms with Crippen LogP contribution in [0.1, 0.15) is 46.1 Å². The van der Waals surface area contributed by atoms with E-state index >= 15 is 0 Å². The van der Waals surface area contributed by atoms with E-state index in [1.54, 1.807) is 0 Å². The maximum Gasteiger partial charge on any atom is 0.228 e. The van der Waals surface area contributed by atoms with Gasteiger partial charge in [-0.05, 0) is 65.6 Å². The molecular formula is C25H30N2O3. The molecule has 2 atom stereocenters. The van der Waals surface area contributed by atoms with Crippen LogP contribution >= 0.6 is 0 Å². The van der Waals surface area contributed by atoms with Gasteiger partial charge in [0.15, 0.2) is 0 Å². The van der Waals surface area contributed by atoms with Gasteiger partial charge in [-0.25, -0.2) is 0 Å². The van der Waals surface area contributed by atoms with Crippen molar-refractivity contribution in [2.75, 3.05) is 10.6 Å². The van der Waals surface area contributed by atoms with E-state index in [1.165, 1.54) is 0 Å². The molecule has 2 unspecified atom stereocenters. The van der Waals surface area contributed by atoms with Gasteiger partial charge in [-0.2, -0.15) is 0 Å². The Hall–Kier alpha value is -2.82. The van der Waals surface area contributed by atoms with Crippen molar-refractivity contribution in [3.05, 3.63) is 54.1 Å². The molecule has 0 aliphatic heterocycles. The molecule has 2 N–H and O–H groups in total. The smallest absolute Gasteiger partial charge is 0.228 e. The van der Waals surface area contributed by atoms with Crippen LogP contribution < -0.4 is 15.4 Å². The first-order valence-electron chi connectivity index (χ1n) is 10.6. The van der Waals surface area contributed by atoms with Gasteiger partial charge in [0.05, 0.1) is 0 Å². The van der Waals surface area contributed by atoms with E-state index in [0.717, 1.165) is 35.5 Å². The van der Waals surface area contributed by atoms with Gasteiger partial charge in [0.2, 0.25) is 11.8 Å². The van der Waals surface area contributed by atoms with Gasteiger partial charge in [0.1, 0.15) is 12.4 Å². The molecule has 2 aromatic rings. The first kappa shape index (κ1) is 20.5. The molecule has 2 saturated carbocycles. The Kier molecular flexibility index (Phi) is 5.08. The number of ether oxygens (including phenoxy) is 1. The highest BCUT2D eigenvalue weighted by atomic mass is 16.5. The fourth-order valence-electron chi connectivity index (χ4n) is 3.77. The van der Waals surface area contributed by atoms with Crippen LogP contribution in [0, 0.1) is 22.7 Å². The standard InChI is InChI=1S/C25H30N2O3/c1-24(2)13-20(24)22(28)26-17-7-5-16(6-8-17)15-30-19-11-9-18(10-12-19)27-23(29)21-14-25(21,3)4/h5-12,20-21H,13-15H2,1-4H3,(H,26,28)(H,27,29). The summed E-state index contributed by atoms with van der Waals surface area (Å²) in [5.41, 5.74) is 2.87. The number of carbonyl (C=O) groups is 2. The normalized spacial score (nSPS) is 22.7. The number of rotatable bonds is 7. The van der Waals surface area contributed by atoms with Crippen molar-refractivity contribution < 1.29 is 14.3 Å². The lowest BCUT2D eigenvalue weighted by atomic mass is 10.1. The number of anilines is 2. The Morgan fingerprint density at radius 1 is 0.800 bits per heavy atom. The van der Waals surface area contributed by atoms with Gasteiger partial charge < -0.3 is 15.4 Å². The molecule has 0 saturated heterocycles. The van der Waals surface area contributed by atoms with Crippen LogP contribution in [-0.4, -0.2) is 11.8 Å². The van der Waals surface area contributed by atoms with Crippen LogP contribution in [0.15, 0.2) is 48.5 Å². The minimum absolute atomic E-state index is 0.0890. The highest BCUT2D eigenvalue weighted by molar-refractivity contribution is 5.95. The number of carbonyl (C=O) groups excluding carboxylic acids is 2. The molecular weight excluding hydrogens is 376 g/mol. The van der Waals surface area contributed by atoms with E-state index in [9.17, 15) is 9.59 Å². The lowest BCUT2D eigenvalue weighted by Crippen LogP contribution is -2.16. The summed E-state index contributed by atoms with van der Waals surface area (Å²) in [5, 5.41) is 5.96. The van der Waals surface area contributed by atoms with Crippen LogP contribution in [0.3, 0.4) is 0 Å². The van der Waals surface area contributed by atoms with Crippen molar-refractivity contribution in [3.63, 3.8) is 0 Å². The number of nitrogens with one attached hydrogen (secondary N) is 2. The second kappa shape index (κ2) is 7.46. The summed E-state index contributed by atoms with van der Waals surface area (Å²) < 4.78 is 5.84. The minimum Gasteiger partial charge on any atom is -0.489 e. The summed E-state index contributed by atoms with van der Waals surface area (Å²) in [5.74, 6) is 1.15. The Labute approximate surface area is 178 Å². The van der Waals surface area contributed by atoms with Crippen molar-refractivity contribution in [3.8, 4) is 5.75 Å². The average molecular weight is 407 g/mol. The monoisotopic (exact) mass is 406 g/mol. The summed E-state index contributed by atoms with van der Waals surface area (Å²) in [7, 11) is 0. The average Bonchev–Trinajstić information content (AvgIpc) is 3.55. The Morgan fingerprint density at radius 3 is 1.60 bits per heavy atom. The van der Waals surface area contributed by atoms with Crippen molar-refractivity contribution in [1.29, 1.82) is 0 Å². The number of hydrogen-bond acceptors (Lipinski definition) is 3. The number of amides is 2. The Bertz CT molecular complexity index is 866. The zero-order valence-corrected chi connectivity index (χ0v) is 18.1. The molecule has 0 heterocycles. The molecule has 0 radical (unpaired) electrons. The summed E-state index contributed by atoms with van der Waals surface area (Å²) in [6.45, 7) is 8.90. The van der Waals surface area contributed by atoms with Crippen molar-refractivity contribution in [1.82, 2.24) is 0 Å². The van der Waals surface area contributed by atoms with Crippen molar-refractivity contribution in [2.24, 2.45) is 22.7 Å². The van der Waals surface area contributed by atoms with E-state index in [2.05, 4.69) is 38.3 Å². The van der Waals surface area contributed by atoms with Crippen LogP contribution in [0.25, 0.3) is 0 Å². The summed E-state index contributed by atoms with van der Waals surface area (Å²) in [6.07, 6.45) is 1.90. The van der Waals surface area contributed by atoms with E-state index in [4.69, 9.17) is 4.74 Å². The van der Waals surface area contributed by atoms with Gasteiger partial charge in [0.25, 0.3) is 0 Å². The molecule has 4 rings (SSSR count). The largest absolute Gasteiger partial charge is 0.489 e. The van der Waals surface area contributed by atoms with Gasteiger partial charge in [-0.1, -0.05) is 39.8 Å². The molecule has 158 valence electrons. The maximum absolute atomic E-state index is 12.2. The van der Waals surface area contributed by atoms with Gasteiger partial charge in [0, 0.05) is 23.2 Å². The molecule has 2 aliphatic rings. The predicted molar refractivity (Wildman–Crippen MR) is 118 cm³/mol. The van der Waals surface area contributed by atoms with Crippen LogP contribution in [0.2, 0.25) is 0 Å². The Balaban J connectivity index is 1.24. The third-order valence-corrected chi connectivity index (χ3v) is 6.41. The van der Waals surface area contributed by atoms with E-state index in [0.29, 0.717) is 6.61 Å². The molecule has 30 heavy (non-hydrogen) atoms. The fourth-order valence-corrected chi connectivity index (χ4v) is 3.77. The zero-order valence-electron chi connectivity index (χ0n) is 18.1. The highest BCUT2D eigenvalue weighted by Gasteiger charge is 2.51. The van der Waals surface area contributed by atoms with Gasteiger partial charge in [-0.3, -0.25) is 9.59 Å². The lowest BCUT2D eigenvalue weighted by Gasteiger charge is -2.10.